The molecule has 0 heterocycles. The number of hydrogen-bond acceptors (Lipinski definition) is 12. The molecule has 134 heavy (non-hydrogen) atoms. The van der Waals surface area contributed by atoms with E-state index in [1.807, 2.05) is 99.0 Å². The Kier molecular flexibility index (Phi) is 56.7. The van der Waals surface area contributed by atoms with Crippen molar-refractivity contribution in [2.24, 2.45) is 0 Å². The van der Waals surface area contributed by atoms with Crippen LogP contribution in [-0.4, -0.2) is 86.0 Å². The molecule has 0 spiro atoms. The fourth-order valence-electron chi connectivity index (χ4n) is 15.4. The first-order chi connectivity index (χ1) is 63.8. The van der Waals surface area contributed by atoms with Gasteiger partial charge < -0.3 is 60.9 Å². The molecule has 0 radical (unpaired) electrons. The minimum absolute atomic E-state index is 0.0510. The second-order valence-corrected chi connectivity index (χ2v) is 50.7. The Balaban J connectivity index is 0.000000342. The monoisotopic (exact) mass is 2270 g/mol. The number of likely N-dealkylation sites (N-methyl/N-ethyl adjacent to an activating group) is 2. The first-order valence-corrected chi connectivity index (χ1v) is 69.3. The van der Waals surface area contributed by atoms with Crippen LogP contribution in [-0.2, 0) is 144 Å². The molecule has 0 amide bonds. The summed E-state index contributed by atoms with van der Waals surface area (Å²) >= 11 is -3.30. The number of aliphatic hydroxyl groups is 2. The Labute approximate surface area is 875 Å². The normalized spacial score (nSPS) is 11.4. The van der Waals surface area contributed by atoms with Crippen molar-refractivity contribution in [1.29, 1.82) is 0 Å². The van der Waals surface area contributed by atoms with Crippen molar-refractivity contribution < 1.29 is 114 Å². The molecule has 0 saturated carbocycles. The third-order valence-corrected chi connectivity index (χ3v) is 21.9. The second-order valence-electron chi connectivity index (χ2n) is 35.8. The Bertz CT molecular complexity index is 5450. The van der Waals surface area contributed by atoms with Crippen LogP contribution in [0.5, 0.6) is 23.0 Å². The summed E-state index contributed by atoms with van der Waals surface area (Å²) in [5.74, 6) is 1.66. The molecule has 8 N–H and O–H groups in total. The van der Waals surface area contributed by atoms with Crippen molar-refractivity contribution in [2.45, 2.75) is 157 Å². The molecule has 0 unspecified atom stereocenters. The fourth-order valence-corrected chi connectivity index (χ4v) is 15.4. The number of aryl methyl sites for hydroxylation is 1. The van der Waals surface area contributed by atoms with Gasteiger partial charge in [-0.2, -0.15) is 0 Å². The number of nitrogens with one attached hydrogen (secondary N) is 2. The number of hydrogen-bond donors (Lipinski definition) is 8. The molecule has 0 aliphatic heterocycles. The summed E-state index contributed by atoms with van der Waals surface area (Å²) < 4.78 is 0. The van der Waals surface area contributed by atoms with Crippen molar-refractivity contribution in [3.8, 4) is 56.4 Å². The number of benzene rings is 12. The van der Waals surface area contributed by atoms with Crippen molar-refractivity contribution >= 4 is 102 Å². The van der Waals surface area contributed by atoms with Gasteiger partial charge >= 0.3 is 151 Å². The zero-order valence-corrected chi connectivity index (χ0v) is 96.6. The van der Waals surface area contributed by atoms with Gasteiger partial charge in [-0.15, -0.1) is 0 Å². The first kappa shape index (κ1) is 120. The summed E-state index contributed by atoms with van der Waals surface area (Å²) in [6.45, 7) is 36.5. The van der Waals surface area contributed by atoms with Crippen molar-refractivity contribution in [1.82, 2.24) is 10.6 Å². The number of phenolic OH excluding ortho intramolecular Hbond substituents is 4. The van der Waals surface area contributed by atoms with Crippen LogP contribution in [0.15, 0.2) is 316 Å². The molecule has 712 valence electrons. The van der Waals surface area contributed by atoms with Crippen LogP contribution in [0, 0.1) is 0 Å². The van der Waals surface area contributed by atoms with Crippen molar-refractivity contribution in [3.63, 3.8) is 0 Å². The van der Waals surface area contributed by atoms with Gasteiger partial charge in [-0.3, -0.25) is 0 Å². The third-order valence-electron chi connectivity index (χ3n) is 21.9. The molecule has 0 aromatic heterocycles. The number of aromatic hydroxyl groups is 4. The van der Waals surface area contributed by atoms with Crippen LogP contribution in [0.25, 0.3) is 44.2 Å². The zero-order chi connectivity index (χ0) is 99.7. The van der Waals surface area contributed by atoms with Crippen LogP contribution in [0.3, 0.4) is 0 Å². The van der Waals surface area contributed by atoms with E-state index in [0.29, 0.717) is 55.7 Å². The molecule has 1 aliphatic carbocycles. The van der Waals surface area contributed by atoms with E-state index in [4.69, 9.17) is 78.3 Å². The quantitative estimate of drug-likeness (QED) is 0.0255. The number of rotatable bonds is 21. The van der Waals surface area contributed by atoms with Gasteiger partial charge in [0.1, 0.15) is 23.0 Å². The van der Waals surface area contributed by atoms with E-state index >= 15 is 0 Å². The SMILES string of the molecule is C=C/C(=C/O)CNC.C=C/C(=C/O)CNC.CN(Cc1cccc(C(C)(C)C)c1O)c1c(-c2ccccc2)cccc1-c1ccccc1.CN(Cc1cccc(C(C)(C)C)c1O)c1cccc2c1CCCC2.CN(Cc1cccc(C(C)(C)C)c1O)c1cccc2ccccc12.CN(Cc1cccc(C(C)(C)C)c1O)c1ccccc1-c1ccccc1.[Cl][Zr][Cl].[Cl][Zr][Cl].[Cl][Zr][Cl].[Cl][Zr][Cl]. The van der Waals surface area contributed by atoms with Gasteiger partial charge in [-0.1, -0.05) is 357 Å². The summed E-state index contributed by atoms with van der Waals surface area (Å²) in [6.07, 6.45) is 10.3. The summed E-state index contributed by atoms with van der Waals surface area (Å²) in [6, 6.07) is 92.0. The van der Waals surface area contributed by atoms with Gasteiger partial charge in [0, 0.05) is 129 Å². The van der Waals surface area contributed by atoms with Crippen molar-refractivity contribution in [2.75, 3.05) is 75.0 Å². The molecule has 13 rings (SSSR count). The number of para-hydroxylation sites is 6. The molecule has 1 aliphatic rings. The number of halogens is 8. The average Bonchev–Trinajstić information content (AvgIpc) is 0.789. The second kappa shape index (κ2) is 63.3. The van der Waals surface area contributed by atoms with Crippen LogP contribution >= 0.6 is 68.1 Å². The molecule has 0 atom stereocenters. The van der Waals surface area contributed by atoms with Crippen LogP contribution < -0.4 is 30.2 Å². The van der Waals surface area contributed by atoms with Gasteiger partial charge in [0.15, 0.2) is 0 Å². The molecule has 0 bridgehead atoms. The number of aliphatic hydroxyl groups excluding tert-OH is 2. The summed E-state index contributed by atoms with van der Waals surface area (Å²) in [4.78, 5) is 8.94. The topological polar surface area (TPSA) is 158 Å². The van der Waals surface area contributed by atoms with Gasteiger partial charge in [0.05, 0.1) is 18.2 Å². The molecular weight excluding hydrogens is 2150 g/mol. The van der Waals surface area contributed by atoms with Gasteiger partial charge in [0.25, 0.3) is 0 Å². The number of anilines is 4. The Morgan fingerprint density at radius 2 is 0.612 bits per heavy atom. The average molecular weight is 2280 g/mol. The molecule has 24 heteroatoms. The van der Waals surface area contributed by atoms with Crippen molar-refractivity contribution in [3.05, 3.63) is 372 Å². The minimum atomic E-state index is -0.826. The predicted octanol–water partition coefficient (Wildman–Crippen LogP) is 31.5. The number of fused-ring (bicyclic) bond motifs is 2. The molecule has 12 nitrogen and oxygen atoms in total. The molecule has 0 saturated heterocycles. The van der Waals surface area contributed by atoms with E-state index in [0.717, 1.165) is 86.1 Å². The molecular formula is C110H134Cl8N6O6Zr4. The van der Waals surface area contributed by atoms with Gasteiger partial charge in [-0.25, -0.2) is 0 Å². The van der Waals surface area contributed by atoms with E-state index in [-0.39, 0.29) is 21.7 Å². The summed E-state index contributed by atoms with van der Waals surface area (Å²) in [5, 5.41) is 68.3. The maximum absolute atomic E-state index is 11.1. The van der Waals surface area contributed by atoms with Crippen LogP contribution in [0.4, 0.5) is 22.7 Å². The predicted molar refractivity (Wildman–Crippen MR) is 568 cm³/mol. The standard InChI is InChI=1S/C30H31NO.C24H27NO.C22H29NO.C22H25NO.2C6H11NO.8ClH.4Zr/c1-30(2,3)27-20-11-17-24(29(27)32)21-31(4)28-25(22-13-7-5-8-14-22)18-12-19-26(28)23-15-9-6-10-16-23;1-24(2,3)21-15-10-13-19(23(21)26)17-25(4)22-16-9-8-14-20(22)18-11-6-5-7-12-18;2*1-22(2,3)19-13-7-11-17(21(19)24)15-23(4)20-14-8-10-16-9-5-6-12-18(16)20;2*1-3-6(5-8)4-7-2;;;;;;;;;;;;/h5-20,32H,21H2,1-4H3;5-16,26H,17H2,1-4H3;7-8,10-11,13-14,24H,5-6,9,12,15H2,1-4H3;5-14,24H,15H2,1-4H3;2*3,5,7-8H,1,4H2,2H3;8*1H;;;;/q;;;;;;;;;;;;;;4*+2/p-8/b;;;;2*6-5-;;;;;;;;;;;;. The Morgan fingerprint density at radius 3 is 0.970 bits per heavy atom. The van der Waals surface area contributed by atoms with E-state index in [1.165, 1.54) is 92.3 Å². The van der Waals surface area contributed by atoms with Crippen LogP contribution in [0.1, 0.15) is 152 Å². The summed E-state index contributed by atoms with van der Waals surface area (Å²) in [5.41, 5.74) is 24.0. The third kappa shape index (κ3) is 39.4. The van der Waals surface area contributed by atoms with E-state index in [9.17, 15) is 20.4 Å². The van der Waals surface area contributed by atoms with Gasteiger partial charge in [0.2, 0.25) is 0 Å². The first-order valence-electron chi connectivity index (χ1n) is 44.0. The molecule has 12 aromatic carbocycles. The zero-order valence-electron chi connectivity index (χ0n) is 80.7. The summed E-state index contributed by atoms with van der Waals surface area (Å²) in [7, 11) is 51.5. The molecule has 0 fully saturated rings. The molecule has 12 aromatic rings. The van der Waals surface area contributed by atoms with Crippen LogP contribution in [0.2, 0.25) is 0 Å². The van der Waals surface area contributed by atoms with E-state index in [1.54, 1.807) is 12.2 Å². The Morgan fingerprint density at radius 1 is 0.336 bits per heavy atom. The number of nitrogens with zero attached hydrogens (tertiary/aromatic N) is 4. The fraction of sp³-hybridized carbons (Fsp3) is 0.291. The van der Waals surface area contributed by atoms with E-state index < -0.39 is 83.4 Å². The maximum atomic E-state index is 11.1. The van der Waals surface area contributed by atoms with Gasteiger partial charge in [-0.05, 0) is 146 Å². The number of phenols is 4. The van der Waals surface area contributed by atoms with E-state index in [2.05, 4.69) is 337 Å². The Hall–Kier alpha value is -6.37.